The Balaban J connectivity index is 0.00000625. The second-order valence-corrected chi connectivity index (χ2v) is 5.19. The lowest BCUT2D eigenvalue weighted by atomic mass is 10.1. The molecule has 26 heavy (non-hydrogen) atoms. The fourth-order valence-corrected chi connectivity index (χ4v) is 1.99. The third-order valence-corrected chi connectivity index (χ3v) is 3.11. The van der Waals surface area contributed by atoms with Gasteiger partial charge in [0.2, 0.25) is 11.8 Å². The van der Waals surface area contributed by atoms with Crippen molar-refractivity contribution in [1.82, 2.24) is 15.5 Å². The van der Waals surface area contributed by atoms with Crippen molar-refractivity contribution in [2.75, 3.05) is 26.7 Å². The van der Waals surface area contributed by atoms with E-state index in [1.165, 1.54) is 24.1 Å². The van der Waals surface area contributed by atoms with Gasteiger partial charge in [0.05, 0.1) is 18.7 Å². The largest absolute Gasteiger partial charge is 0.480 e. The maximum Gasteiger partial charge on any atom is 0.416 e. The molecule has 3 N–H and O–H groups in total. The summed E-state index contributed by atoms with van der Waals surface area (Å²) in [5.74, 6) is -2.32. The van der Waals surface area contributed by atoms with Crippen molar-refractivity contribution >= 4 is 30.2 Å². The SMILES string of the molecule is CNC(=O)CN(CC(=O)NCC(=O)O)Cc1cccc(C(F)(F)F)c1.Cl. The summed E-state index contributed by atoms with van der Waals surface area (Å²) in [5.41, 5.74) is -0.565. The van der Waals surface area contributed by atoms with Crippen molar-refractivity contribution in [3.05, 3.63) is 35.4 Å². The fourth-order valence-electron chi connectivity index (χ4n) is 1.99. The molecular weight excluding hydrogens is 379 g/mol. The Bertz CT molecular complexity index is 641. The molecule has 0 aliphatic carbocycles. The van der Waals surface area contributed by atoms with E-state index >= 15 is 0 Å². The summed E-state index contributed by atoms with van der Waals surface area (Å²) in [6.45, 7) is -1.24. The van der Waals surface area contributed by atoms with Crippen LogP contribution in [-0.2, 0) is 27.1 Å². The van der Waals surface area contributed by atoms with E-state index < -0.39 is 36.1 Å². The minimum Gasteiger partial charge on any atom is -0.480 e. The Kier molecular flexibility index (Phi) is 9.66. The Morgan fingerprint density at radius 1 is 1.15 bits per heavy atom. The molecule has 1 rings (SSSR count). The number of alkyl halides is 3. The smallest absolute Gasteiger partial charge is 0.416 e. The van der Waals surface area contributed by atoms with Crippen LogP contribution in [0.4, 0.5) is 13.2 Å². The maximum absolute atomic E-state index is 12.8. The monoisotopic (exact) mass is 397 g/mol. The van der Waals surface area contributed by atoms with Crippen molar-refractivity contribution in [2.45, 2.75) is 12.7 Å². The first-order valence-electron chi connectivity index (χ1n) is 7.19. The second kappa shape index (κ2) is 10.6. The third-order valence-electron chi connectivity index (χ3n) is 3.11. The van der Waals surface area contributed by atoms with Crippen molar-refractivity contribution < 1.29 is 32.7 Å². The highest BCUT2D eigenvalue weighted by Crippen LogP contribution is 2.29. The van der Waals surface area contributed by atoms with Gasteiger partial charge >= 0.3 is 12.1 Å². The van der Waals surface area contributed by atoms with E-state index in [1.807, 2.05) is 0 Å². The number of hydrogen-bond acceptors (Lipinski definition) is 4. The fraction of sp³-hybridized carbons (Fsp3) is 0.400. The number of benzene rings is 1. The van der Waals surface area contributed by atoms with Gasteiger partial charge in [-0.2, -0.15) is 13.2 Å². The number of rotatable bonds is 8. The molecule has 0 unspecified atom stereocenters. The molecule has 0 heterocycles. The van der Waals surface area contributed by atoms with Crippen LogP contribution in [0, 0.1) is 0 Å². The van der Waals surface area contributed by atoms with Gasteiger partial charge in [-0.1, -0.05) is 18.2 Å². The Morgan fingerprint density at radius 3 is 2.31 bits per heavy atom. The molecule has 7 nitrogen and oxygen atoms in total. The van der Waals surface area contributed by atoms with E-state index in [4.69, 9.17) is 5.11 Å². The molecule has 0 aliphatic heterocycles. The highest BCUT2D eigenvalue weighted by Gasteiger charge is 2.30. The summed E-state index contributed by atoms with van der Waals surface area (Å²) in [5, 5.41) is 13.0. The van der Waals surface area contributed by atoms with Crippen LogP contribution in [0.25, 0.3) is 0 Å². The molecule has 1 aromatic rings. The molecule has 0 saturated heterocycles. The molecule has 146 valence electrons. The summed E-state index contributed by atoms with van der Waals surface area (Å²) < 4.78 is 38.3. The quantitative estimate of drug-likeness (QED) is 0.604. The maximum atomic E-state index is 12.8. The van der Waals surface area contributed by atoms with E-state index in [-0.39, 0.29) is 37.6 Å². The van der Waals surface area contributed by atoms with Gasteiger partial charge < -0.3 is 15.7 Å². The number of amides is 2. The summed E-state index contributed by atoms with van der Waals surface area (Å²) in [4.78, 5) is 35.0. The summed E-state index contributed by atoms with van der Waals surface area (Å²) >= 11 is 0. The van der Waals surface area contributed by atoms with Gasteiger partial charge in [-0.15, -0.1) is 12.4 Å². The van der Waals surface area contributed by atoms with Gasteiger partial charge in [0.25, 0.3) is 0 Å². The third kappa shape index (κ3) is 8.67. The van der Waals surface area contributed by atoms with Crippen LogP contribution >= 0.6 is 12.4 Å². The predicted molar refractivity (Wildman–Crippen MR) is 88.7 cm³/mol. The summed E-state index contributed by atoms with van der Waals surface area (Å²) in [6, 6.07) is 4.54. The molecule has 0 atom stereocenters. The summed E-state index contributed by atoms with van der Waals surface area (Å²) in [7, 11) is 1.38. The number of carbonyl (C=O) groups excluding carboxylic acids is 2. The lowest BCUT2D eigenvalue weighted by Crippen LogP contribution is -2.42. The molecular formula is C15H19ClF3N3O4. The minimum absolute atomic E-state index is 0. The zero-order valence-electron chi connectivity index (χ0n) is 13.8. The zero-order valence-corrected chi connectivity index (χ0v) is 14.6. The predicted octanol–water partition coefficient (Wildman–Crippen LogP) is 0.876. The van der Waals surface area contributed by atoms with Crippen LogP contribution in [0.3, 0.4) is 0 Å². The molecule has 1 aromatic carbocycles. The molecule has 0 spiro atoms. The molecule has 0 bridgehead atoms. The molecule has 0 radical (unpaired) electrons. The lowest BCUT2D eigenvalue weighted by Gasteiger charge is -2.21. The highest BCUT2D eigenvalue weighted by atomic mass is 35.5. The number of nitrogens with one attached hydrogen (secondary N) is 2. The van der Waals surface area contributed by atoms with Gasteiger partial charge in [0.1, 0.15) is 6.54 Å². The standard InChI is InChI=1S/C15H18F3N3O4.ClH/c1-19-12(22)8-21(9-13(23)20-6-14(24)25)7-10-3-2-4-11(5-10)15(16,17)18;/h2-5H,6-9H2,1H3,(H,19,22)(H,20,23)(H,24,25);1H. The molecule has 0 saturated carbocycles. The molecule has 0 aliphatic rings. The normalized spacial score (nSPS) is 10.8. The van der Waals surface area contributed by atoms with Crippen molar-refractivity contribution in [2.24, 2.45) is 0 Å². The molecule has 11 heteroatoms. The number of carboxylic acid groups (broad SMARTS) is 1. The van der Waals surface area contributed by atoms with Crippen LogP contribution in [0.5, 0.6) is 0 Å². The summed E-state index contributed by atoms with van der Waals surface area (Å²) in [6.07, 6.45) is -4.50. The Hall–Kier alpha value is -2.33. The highest BCUT2D eigenvalue weighted by molar-refractivity contribution is 5.85. The van der Waals surface area contributed by atoms with Crippen LogP contribution in [0.2, 0.25) is 0 Å². The number of nitrogens with zero attached hydrogens (tertiary/aromatic N) is 1. The number of carboxylic acids is 1. The zero-order chi connectivity index (χ0) is 19.0. The van der Waals surface area contributed by atoms with Gasteiger partial charge in [0, 0.05) is 13.6 Å². The van der Waals surface area contributed by atoms with Gasteiger partial charge in [-0.25, -0.2) is 0 Å². The van der Waals surface area contributed by atoms with Crippen LogP contribution in [0.1, 0.15) is 11.1 Å². The van der Waals surface area contributed by atoms with Crippen LogP contribution < -0.4 is 10.6 Å². The number of aliphatic carboxylic acids is 1. The first-order chi connectivity index (χ1) is 11.6. The topological polar surface area (TPSA) is 98.7 Å². The first kappa shape index (κ1) is 23.7. The average Bonchev–Trinajstić information content (AvgIpc) is 2.52. The van der Waals surface area contributed by atoms with Gasteiger partial charge in [0.15, 0.2) is 0 Å². The number of carbonyl (C=O) groups is 3. The van der Waals surface area contributed by atoms with E-state index in [2.05, 4.69) is 10.6 Å². The molecule has 0 aromatic heterocycles. The Labute approximate surface area is 154 Å². The van der Waals surface area contributed by atoms with Gasteiger partial charge in [-0.05, 0) is 11.6 Å². The van der Waals surface area contributed by atoms with E-state index in [1.54, 1.807) is 0 Å². The minimum atomic E-state index is -4.50. The van der Waals surface area contributed by atoms with Crippen molar-refractivity contribution in [1.29, 1.82) is 0 Å². The second-order valence-electron chi connectivity index (χ2n) is 5.19. The first-order valence-corrected chi connectivity index (χ1v) is 7.19. The average molecular weight is 398 g/mol. The number of halogens is 4. The van der Waals surface area contributed by atoms with Crippen molar-refractivity contribution in [3.8, 4) is 0 Å². The number of likely N-dealkylation sites (N-methyl/N-ethyl adjacent to an activating group) is 1. The molecule has 2 amide bonds. The number of hydrogen-bond donors (Lipinski definition) is 3. The lowest BCUT2D eigenvalue weighted by molar-refractivity contribution is -0.138. The van der Waals surface area contributed by atoms with E-state index in [9.17, 15) is 27.6 Å². The van der Waals surface area contributed by atoms with E-state index in [0.29, 0.717) is 0 Å². The van der Waals surface area contributed by atoms with Gasteiger partial charge in [-0.3, -0.25) is 19.3 Å². The molecule has 0 fully saturated rings. The van der Waals surface area contributed by atoms with Crippen LogP contribution in [0.15, 0.2) is 24.3 Å². The van der Waals surface area contributed by atoms with Crippen molar-refractivity contribution in [3.63, 3.8) is 0 Å². The van der Waals surface area contributed by atoms with Crippen LogP contribution in [-0.4, -0.2) is 54.5 Å². The van der Waals surface area contributed by atoms with E-state index in [0.717, 1.165) is 12.1 Å². The Morgan fingerprint density at radius 2 is 1.77 bits per heavy atom.